The molecular weight excluding hydrogens is 525 g/mol. The van der Waals surface area contributed by atoms with Crippen LogP contribution in [-0.2, 0) is 4.79 Å². The van der Waals surface area contributed by atoms with Crippen LogP contribution in [0.5, 0.6) is 0 Å². The summed E-state index contributed by atoms with van der Waals surface area (Å²) in [7, 11) is 1.81. The molecule has 0 saturated carbocycles. The van der Waals surface area contributed by atoms with Crippen LogP contribution in [-0.4, -0.2) is 56.5 Å². The summed E-state index contributed by atoms with van der Waals surface area (Å²) in [6.07, 6.45) is 3.96. The van der Waals surface area contributed by atoms with Crippen molar-refractivity contribution in [1.82, 2.24) is 15.5 Å². The normalized spacial score (nSPS) is 16.8. The number of nitrogens with two attached hydrogens (primary N) is 1. The van der Waals surface area contributed by atoms with Crippen LogP contribution in [0.15, 0.2) is 65.7 Å². The van der Waals surface area contributed by atoms with Crippen molar-refractivity contribution < 1.29 is 4.79 Å². The number of likely N-dealkylation sites (tertiary alicyclic amines) is 1. The number of hydrogen-bond donors (Lipinski definition) is 3. The molecule has 2 aromatic rings. The van der Waals surface area contributed by atoms with E-state index in [2.05, 4.69) is 81.2 Å². The number of piperidine rings is 1. The molecule has 1 aliphatic rings. The Morgan fingerprint density at radius 2 is 1.67 bits per heavy atom. The van der Waals surface area contributed by atoms with Gasteiger partial charge in [0.2, 0.25) is 5.91 Å². The molecule has 1 atom stereocenters. The molecule has 6 nitrogen and oxygen atoms in total. The predicted octanol–water partition coefficient (Wildman–Crippen LogP) is 3.58. The number of aliphatic imine (C=N–C) groups is 1. The average molecular weight is 564 g/mol. The number of nitrogens with one attached hydrogen (secondary N) is 2. The van der Waals surface area contributed by atoms with Crippen molar-refractivity contribution in [3.8, 4) is 0 Å². The van der Waals surface area contributed by atoms with E-state index < -0.39 is 0 Å². The van der Waals surface area contributed by atoms with Crippen LogP contribution in [0.4, 0.5) is 0 Å². The van der Waals surface area contributed by atoms with Crippen molar-refractivity contribution in [2.45, 2.75) is 31.6 Å². The van der Waals surface area contributed by atoms with E-state index in [0.29, 0.717) is 5.92 Å². The van der Waals surface area contributed by atoms with Crippen LogP contribution >= 0.6 is 24.0 Å². The molecule has 4 N–H and O–H groups in total. The van der Waals surface area contributed by atoms with E-state index in [4.69, 9.17) is 5.73 Å². The standard InChI is InChI=1S/C26H37N5O.HI/c1-28-26(29-16-9-19-31-18-8-14-23(20-31)25(27)32)30-17-15-24(21-10-4-2-5-11-21)22-12-6-3-7-13-22;/h2-7,10-13,23-24H,8-9,14-20H2,1H3,(H2,27,32)(H2,28,29,30);1H. The molecule has 0 aliphatic carbocycles. The topological polar surface area (TPSA) is 82.8 Å². The van der Waals surface area contributed by atoms with E-state index in [1.165, 1.54) is 11.1 Å². The molecule has 2 aromatic carbocycles. The minimum absolute atomic E-state index is 0. The lowest BCUT2D eigenvalue weighted by molar-refractivity contribution is -0.123. The first-order valence-electron chi connectivity index (χ1n) is 11.7. The maximum Gasteiger partial charge on any atom is 0.221 e. The first-order valence-corrected chi connectivity index (χ1v) is 11.7. The monoisotopic (exact) mass is 563 g/mol. The molecule has 33 heavy (non-hydrogen) atoms. The van der Waals surface area contributed by atoms with Gasteiger partial charge in [-0.05, 0) is 49.9 Å². The highest BCUT2D eigenvalue weighted by Gasteiger charge is 2.23. The first-order chi connectivity index (χ1) is 15.7. The highest BCUT2D eigenvalue weighted by Crippen LogP contribution is 2.27. The fourth-order valence-electron chi connectivity index (χ4n) is 4.45. The first kappa shape index (κ1) is 27.1. The second-order valence-electron chi connectivity index (χ2n) is 8.48. The highest BCUT2D eigenvalue weighted by atomic mass is 127. The van der Waals surface area contributed by atoms with E-state index in [0.717, 1.165) is 64.4 Å². The van der Waals surface area contributed by atoms with Crippen molar-refractivity contribution in [2.24, 2.45) is 16.6 Å². The molecule has 180 valence electrons. The molecule has 7 heteroatoms. The number of rotatable bonds is 10. The maximum atomic E-state index is 11.4. The van der Waals surface area contributed by atoms with Crippen LogP contribution in [0.3, 0.4) is 0 Å². The number of benzene rings is 2. The molecule has 0 aromatic heterocycles. The van der Waals surface area contributed by atoms with Crippen LogP contribution in [0, 0.1) is 5.92 Å². The molecule has 1 saturated heterocycles. The number of hydrogen-bond acceptors (Lipinski definition) is 3. The molecule has 1 unspecified atom stereocenters. The van der Waals surface area contributed by atoms with Gasteiger partial charge < -0.3 is 21.3 Å². The lowest BCUT2D eigenvalue weighted by atomic mass is 9.88. The Balaban J connectivity index is 0.00000385. The number of amides is 1. The van der Waals surface area contributed by atoms with Gasteiger partial charge in [0.1, 0.15) is 0 Å². The van der Waals surface area contributed by atoms with E-state index in [1.807, 2.05) is 7.05 Å². The van der Waals surface area contributed by atoms with Gasteiger partial charge in [0.05, 0.1) is 5.92 Å². The van der Waals surface area contributed by atoms with Crippen molar-refractivity contribution in [3.05, 3.63) is 71.8 Å². The second kappa shape index (κ2) is 14.9. The Hall–Kier alpha value is -2.13. The Bertz CT molecular complexity index is 807. The van der Waals surface area contributed by atoms with E-state index >= 15 is 0 Å². The number of primary amides is 1. The molecule has 1 fully saturated rings. The lowest BCUT2D eigenvalue weighted by Crippen LogP contribution is -2.43. The minimum Gasteiger partial charge on any atom is -0.369 e. The van der Waals surface area contributed by atoms with Gasteiger partial charge in [-0.3, -0.25) is 9.79 Å². The van der Waals surface area contributed by atoms with Gasteiger partial charge >= 0.3 is 0 Å². The maximum absolute atomic E-state index is 11.4. The zero-order valence-corrected chi connectivity index (χ0v) is 21.9. The van der Waals surface area contributed by atoms with Gasteiger partial charge in [-0.25, -0.2) is 0 Å². The third-order valence-corrected chi connectivity index (χ3v) is 6.20. The number of carbonyl (C=O) groups excluding carboxylic acids is 1. The zero-order chi connectivity index (χ0) is 22.6. The summed E-state index contributed by atoms with van der Waals surface area (Å²) in [4.78, 5) is 18.2. The lowest BCUT2D eigenvalue weighted by Gasteiger charge is -2.31. The Labute approximate surface area is 215 Å². The van der Waals surface area contributed by atoms with Gasteiger partial charge in [0.25, 0.3) is 0 Å². The van der Waals surface area contributed by atoms with Crippen molar-refractivity contribution in [1.29, 1.82) is 0 Å². The molecule has 0 spiro atoms. The number of guanidine groups is 1. The van der Waals surface area contributed by atoms with E-state index in [-0.39, 0.29) is 35.8 Å². The second-order valence-corrected chi connectivity index (χ2v) is 8.48. The number of carbonyl (C=O) groups is 1. The number of halogens is 1. The van der Waals surface area contributed by atoms with Crippen molar-refractivity contribution in [3.63, 3.8) is 0 Å². The SMILES string of the molecule is CN=C(NCCCN1CCCC(C(N)=O)C1)NCCC(c1ccccc1)c1ccccc1.I. The summed E-state index contributed by atoms with van der Waals surface area (Å²) in [5.74, 6) is 1.02. The third-order valence-electron chi connectivity index (χ3n) is 6.20. The summed E-state index contributed by atoms with van der Waals surface area (Å²) in [6, 6.07) is 21.4. The van der Waals surface area contributed by atoms with Gasteiger partial charge in [-0.2, -0.15) is 0 Å². The smallest absolute Gasteiger partial charge is 0.221 e. The molecule has 1 aliphatic heterocycles. The van der Waals surface area contributed by atoms with Crippen LogP contribution < -0.4 is 16.4 Å². The highest BCUT2D eigenvalue weighted by molar-refractivity contribution is 14.0. The van der Waals surface area contributed by atoms with Gasteiger partial charge in [0.15, 0.2) is 5.96 Å². The van der Waals surface area contributed by atoms with Crippen LogP contribution in [0.25, 0.3) is 0 Å². The molecule has 0 radical (unpaired) electrons. The number of nitrogens with zero attached hydrogens (tertiary/aromatic N) is 2. The summed E-state index contributed by atoms with van der Waals surface area (Å²) in [5, 5.41) is 6.88. The summed E-state index contributed by atoms with van der Waals surface area (Å²) in [5.41, 5.74) is 8.15. The molecular formula is C26H38IN5O. The Kier molecular flexibility index (Phi) is 12.2. The molecule has 1 heterocycles. The molecule has 1 amide bonds. The molecule has 3 rings (SSSR count). The average Bonchev–Trinajstić information content (AvgIpc) is 2.84. The Morgan fingerprint density at radius 1 is 1.06 bits per heavy atom. The predicted molar refractivity (Wildman–Crippen MR) is 147 cm³/mol. The molecule has 0 bridgehead atoms. The summed E-state index contributed by atoms with van der Waals surface area (Å²) >= 11 is 0. The summed E-state index contributed by atoms with van der Waals surface area (Å²) < 4.78 is 0. The quantitative estimate of drug-likeness (QED) is 0.179. The largest absolute Gasteiger partial charge is 0.369 e. The van der Waals surface area contributed by atoms with Gasteiger partial charge in [-0.15, -0.1) is 24.0 Å². The summed E-state index contributed by atoms with van der Waals surface area (Å²) in [6.45, 7) is 4.50. The van der Waals surface area contributed by atoms with Crippen molar-refractivity contribution in [2.75, 3.05) is 39.8 Å². The zero-order valence-electron chi connectivity index (χ0n) is 19.6. The van der Waals surface area contributed by atoms with Crippen LogP contribution in [0.2, 0.25) is 0 Å². The van der Waals surface area contributed by atoms with Gasteiger partial charge in [0, 0.05) is 32.6 Å². The van der Waals surface area contributed by atoms with Gasteiger partial charge in [-0.1, -0.05) is 60.7 Å². The fourth-order valence-corrected chi connectivity index (χ4v) is 4.45. The minimum atomic E-state index is -0.165. The Morgan fingerprint density at radius 3 is 2.24 bits per heavy atom. The van der Waals surface area contributed by atoms with E-state index in [1.54, 1.807) is 0 Å². The van der Waals surface area contributed by atoms with Crippen molar-refractivity contribution >= 4 is 35.8 Å². The van der Waals surface area contributed by atoms with E-state index in [9.17, 15) is 4.79 Å². The third kappa shape index (κ3) is 8.97. The fraction of sp³-hybridized carbons (Fsp3) is 0.462. The van der Waals surface area contributed by atoms with Crippen LogP contribution in [0.1, 0.15) is 42.7 Å².